The van der Waals surface area contributed by atoms with E-state index in [9.17, 15) is 0 Å². The predicted molar refractivity (Wildman–Crippen MR) is 48.6 cm³/mol. The number of halogens is 2. The van der Waals surface area contributed by atoms with Crippen molar-refractivity contribution in [2.75, 3.05) is 0 Å². The number of hydrogen-bond donors (Lipinski definition) is 0. The molecule has 0 aromatic heterocycles. The first-order chi connectivity index (χ1) is 4.81. The zero-order chi connectivity index (χ0) is 7.82. The van der Waals surface area contributed by atoms with Crippen LogP contribution >= 0.6 is 20.2 Å². The second-order valence-electron chi connectivity index (χ2n) is 1.71. The molecule has 0 radical (unpaired) electrons. The number of rotatable bonds is 0. The van der Waals surface area contributed by atoms with Crippen molar-refractivity contribution in [3.8, 4) is 0 Å². The fourth-order valence-electron chi connectivity index (χ4n) is 0.534. The van der Waals surface area contributed by atoms with Crippen molar-refractivity contribution in [2.24, 2.45) is 0 Å². The Labute approximate surface area is 76.1 Å². The van der Waals surface area contributed by atoms with Crippen LogP contribution in [-0.4, -0.2) is 13.1 Å². The van der Waals surface area contributed by atoms with Crippen LogP contribution < -0.4 is 0 Å². The van der Waals surface area contributed by atoms with Gasteiger partial charge >= 0.3 is 33.3 Å². The first-order valence-corrected chi connectivity index (χ1v) is 7.22. The summed E-state index contributed by atoms with van der Waals surface area (Å²) in [5.74, 6) is 0. The third-order valence-corrected chi connectivity index (χ3v) is 0.940. The van der Waals surface area contributed by atoms with Crippen LogP contribution in [0, 0.1) is 6.92 Å². The first-order valence-electron chi connectivity index (χ1n) is 2.72. The van der Waals surface area contributed by atoms with Crippen LogP contribution in [0.3, 0.4) is 0 Å². The van der Waals surface area contributed by atoms with E-state index in [2.05, 4.69) is 19.1 Å². The van der Waals surface area contributed by atoms with Gasteiger partial charge in [0.25, 0.3) is 0 Å². The second kappa shape index (κ2) is 7.43. The quantitative estimate of drug-likeness (QED) is 0.613. The Kier molecular flexibility index (Phi) is 7.66. The standard InChI is InChI=1S/C7H8.Cl2Se/c1-7-5-3-2-4-6-7;1-3-2/h2-6H,1H3;. The molecule has 0 nitrogen and oxygen atoms in total. The zero-order valence-corrected chi connectivity index (χ0v) is 8.78. The van der Waals surface area contributed by atoms with Crippen molar-refractivity contribution >= 4 is 33.3 Å². The molecule has 1 aromatic carbocycles. The molecule has 0 saturated heterocycles. The topological polar surface area (TPSA) is 0 Å². The average molecular weight is 242 g/mol. The normalized spacial score (nSPS) is 7.90. The van der Waals surface area contributed by atoms with Crippen LogP contribution in [0.2, 0.25) is 0 Å². The van der Waals surface area contributed by atoms with Gasteiger partial charge < -0.3 is 0 Å². The number of benzene rings is 1. The SMILES string of the molecule is Cc1ccccc1.Cl[Se]Cl. The van der Waals surface area contributed by atoms with Crippen molar-refractivity contribution in [3.63, 3.8) is 0 Å². The summed E-state index contributed by atoms with van der Waals surface area (Å²) in [6.45, 7) is 2.08. The predicted octanol–water partition coefficient (Wildman–Crippen LogP) is 2.99. The van der Waals surface area contributed by atoms with Crippen LogP contribution in [-0.2, 0) is 0 Å². The first kappa shape index (κ1) is 10.3. The van der Waals surface area contributed by atoms with E-state index in [0.29, 0.717) is 0 Å². The molecule has 0 bridgehead atoms. The molecule has 0 aliphatic rings. The van der Waals surface area contributed by atoms with Gasteiger partial charge in [-0.15, -0.1) is 0 Å². The van der Waals surface area contributed by atoms with Crippen molar-refractivity contribution in [1.29, 1.82) is 0 Å². The monoisotopic (exact) mass is 242 g/mol. The summed E-state index contributed by atoms with van der Waals surface area (Å²) in [4.78, 5) is 0. The fraction of sp³-hybridized carbons (Fsp3) is 0.143. The molecule has 0 saturated carbocycles. The van der Waals surface area contributed by atoms with Gasteiger partial charge in [-0.25, -0.2) is 0 Å². The molecule has 10 heavy (non-hydrogen) atoms. The molecule has 3 heteroatoms. The zero-order valence-electron chi connectivity index (χ0n) is 5.55. The molecule has 0 atom stereocenters. The Bertz CT molecular complexity index is 153. The molecule has 0 fully saturated rings. The van der Waals surface area contributed by atoms with E-state index in [0.717, 1.165) is 0 Å². The molecule has 0 aliphatic heterocycles. The minimum atomic E-state index is -0.181. The van der Waals surface area contributed by atoms with Crippen LogP contribution in [0.25, 0.3) is 0 Å². The van der Waals surface area contributed by atoms with Gasteiger partial charge in [-0.1, -0.05) is 35.9 Å². The van der Waals surface area contributed by atoms with Crippen molar-refractivity contribution in [3.05, 3.63) is 35.9 Å². The molecule has 1 rings (SSSR count). The van der Waals surface area contributed by atoms with E-state index in [1.54, 1.807) is 0 Å². The van der Waals surface area contributed by atoms with E-state index < -0.39 is 0 Å². The van der Waals surface area contributed by atoms with Crippen molar-refractivity contribution < 1.29 is 0 Å². The average Bonchev–Trinajstić information content (AvgIpc) is 1.91. The maximum absolute atomic E-state index is 4.83. The molecule has 0 spiro atoms. The van der Waals surface area contributed by atoms with E-state index in [-0.39, 0.29) is 13.1 Å². The Hall–Kier alpha value is 0.319. The summed E-state index contributed by atoms with van der Waals surface area (Å²) in [6, 6.07) is 10.3. The molecule has 56 valence electrons. The Balaban J connectivity index is 0.000000236. The third kappa shape index (κ3) is 6.44. The van der Waals surface area contributed by atoms with Crippen molar-refractivity contribution in [1.82, 2.24) is 0 Å². The molecule has 0 heterocycles. The number of hydrogen-bond acceptors (Lipinski definition) is 0. The maximum atomic E-state index is 4.83. The summed E-state index contributed by atoms with van der Waals surface area (Å²) in [5, 5.41) is 0. The van der Waals surface area contributed by atoms with Gasteiger partial charge in [0.2, 0.25) is 0 Å². The molecule has 0 aliphatic carbocycles. The van der Waals surface area contributed by atoms with E-state index >= 15 is 0 Å². The Morgan fingerprint density at radius 1 is 1.10 bits per heavy atom. The van der Waals surface area contributed by atoms with Crippen LogP contribution in [0.4, 0.5) is 0 Å². The Morgan fingerprint density at radius 2 is 1.50 bits per heavy atom. The fourth-order valence-corrected chi connectivity index (χ4v) is 0.534. The summed E-state index contributed by atoms with van der Waals surface area (Å²) in [5.41, 5.74) is 1.32. The molecule has 0 N–H and O–H groups in total. The summed E-state index contributed by atoms with van der Waals surface area (Å²) in [7, 11) is 9.65. The van der Waals surface area contributed by atoms with E-state index in [1.165, 1.54) is 5.56 Å². The van der Waals surface area contributed by atoms with Crippen LogP contribution in [0.15, 0.2) is 30.3 Å². The Morgan fingerprint density at radius 3 is 1.70 bits per heavy atom. The van der Waals surface area contributed by atoms with Crippen molar-refractivity contribution in [2.45, 2.75) is 6.92 Å². The molecular formula is C7H8Cl2Se. The molecule has 0 unspecified atom stereocenters. The minimum absolute atomic E-state index is 0.181. The molecule has 0 amide bonds. The second-order valence-corrected chi connectivity index (χ2v) is 4.38. The third-order valence-electron chi connectivity index (χ3n) is 0.940. The summed E-state index contributed by atoms with van der Waals surface area (Å²) >= 11 is -0.181. The van der Waals surface area contributed by atoms with Gasteiger partial charge in [0.05, 0.1) is 0 Å². The molecular weight excluding hydrogens is 234 g/mol. The number of aryl methyl sites for hydroxylation is 1. The van der Waals surface area contributed by atoms with Gasteiger partial charge in [0.15, 0.2) is 0 Å². The van der Waals surface area contributed by atoms with E-state index in [1.807, 2.05) is 18.2 Å². The van der Waals surface area contributed by atoms with Crippen LogP contribution in [0.5, 0.6) is 0 Å². The van der Waals surface area contributed by atoms with Gasteiger partial charge in [0, 0.05) is 0 Å². The van der Waals surface area contributed by atoms with Gasteiger partial charge in [-0.2, -0.15) is 0 Å². The van der Waals surface area contributed by atoms with E-state index in [4.69, 9.17) is 20.2 Å². The van der Waals surface area contributed by atoms with Gasteiger partial charge in [-0.05, 0) is 6.92 Å². The molecule has 1 aromatic rings. The van der Waals surface area contributed by atoms with Gasteiger partial charge in [0.1, 0.15) is 0 Å². The summed E-state index contributed by atoms with van der Waals surface area (Å²) < 4.78 is 0. The summed E-state index contributed by atoms with van der Waals surface area (Å²) in [6.07, 6.45) is 0. The van der Waals surface area contributed by atoms with Gasteiger partial charge in [-0.3, -0.25) is 0 Å². The van der Waals surface area contributed by atoms with Crippen LogP contribution in [0.1, 0.15) is 5.56 Å².